The molecular weight excluding hydrogens is 392 g/mol. The molecule has 2 rings (SSSR count). The van der Waals surface area contributed by atoms with Crippen molar-refractivity contribution in [3.8, 4) is 16.9 Å². The summed E-state index contributed by atoms with van der Waals surface area (Å²) in [5, 5.41) is 3.53. The van der Waals surface area contributed by atoms with Crippen molar-refractivity contribution < 1.29 is 4.74 Å². The van der Waals surface area contributed by atoms with E-state index < -0.39 is 0 Å². The third-order valence-corrected chi connectivity index (χ3v) is 6.78. The van der Waals surface area contributed by atoms with Crippen molar-refractivity contribution in [2.45, 2.75) is 68.4 Å². The molecule has 29 heavy (non-hydrogen) atoms. The maximum absolute atomic E-state index is 5.30. The van der Waals surface area contributed by atoms with Gasteiger partial charge in [0.15, 0.2) is 0 Å². The molecular formula is C26H34OS2. The van der Waals surface area contributed by atoms with E-state index in [2.05, 4.69) is 54.5 Å². The number of rotatable bonds is 13. The van der Waals surface area contributed by atoms with Crippen LogP contribution in [0.2, 0.25) is 0 Å². The van der Waals surface area contributed by atoms with Crippen molar-refractivity contribution in [2.75, 3.05) is 12.9 Å². The molecule has 1 unspecified atom stereocenters. The highest BCUT2D eigenvalue weighted by Gasteiger charge is 2.09. The maximum atomic E-state index is 5.30. The molecule has 0 aromatic heterocycles. The van der Waals surface area contributed by atoms with Gasteiger partial charge in [-0.05, 0) is 59.0 Å². The lowest BCUT2D eigenvalue weighted by Crippen LogP contribution is -1.94. The summed E-state index contributed by atoms with van der Waals surface area (Å²) in [5.74, 6) is 5.54. The lowest BCUT2D eigenvalue weighted by molar-refractivity contribution is 0.414. The fraction of sp³-hybridized carbons (Fsp3) is 0.462. The van der Waals surface area contributed by atoms with Crippen LogP contribution in [-0.4, -0.2) is 12.9 Å². The van der Waals surface area contributed by atoms with Gasteiger partial charge in [-0.1, -0.05) is 88.1 Å². The Labute approximate surface area is 186 Å². The first-order valence-corrected chi connectivity index (χ1v) is 12.7. The van der Waals surface area contributed by atoms with Gasteiger partial charge in [-0.2, -0.15) is 0 Å². The zero-order chi connectivity index (χ0) is 20.6. The molecule has 0 radical (unpaired) electrons. The highest BCUT2D eigenvalue weighted by atomic mass is 32.2. The van der Waals surface area contributed by atoms with E-state index in [9.17, 15) is 0 Å². The van der Waals surface area contributed by atoms with Crippen molar-refractivity contribution in [1.82, 2.24) is 0 Å². The summed E-state index contributed by atoms with van der Waals surface area (Å²) in [4.78, 5) is 1.20. The molecule has 2 aromatic rings. The second-order valence-electron chi connectivity index (χ2n) is 7.16. The number of methoxy groups -OCH3 is 1. The van der Waals surface area contributed by atoms with Crippen LogP contribution in [-0.2, 0) is 0 Å². The van der Waals surface area contributed by atoms with E-state index in [4.69, 9.17) is 4.74 Å². The van der Waals surface area contributed by atoms with Crippen LogP contribution in [0.15, 0.2) is 59.5 Å². The number of unbranched alkanes of at least 4 members (excludes halogenated alkanes) is 7. The van der Waals surface area contributed by atoms with Crippen LogP contribution >= 0.6 is 23.5 Å². The average molecular weight is 427 g/mol. The summed E-state index contributed by atoms with van der Waals surface area (Å²) in [6, 6.07) is 18.7. The van der Waals surface area contributed by atoms with E-state index in [1.54, 1.807) is 18.9 Å². The minimum atomic E-state index is 0.210. The molecule has 156 valence electrons. The largest absolute Gasteiger partial charge is 0.497 e. The van der Waals surface area contributed by atoms with Crippen LogP contribution in [0.25, 0.3) is 0 Å². The third-order valence-electron chi connectivity index (χ3n) is 4.80. The highest BCUT2D eigenvalue weighted by Crippen LogP contribution is 2.31. The Balaban J connectivity index is 1.82. The molecule has 1 atom stereocenters. The fourth-order valence-corrected chi connectivity index (χ4v) is 4.83. The summed E-state index contributed by atoms with van der Waals surface area (Å²) in [6.07, 6.45) is 10.9. The number of thioether (sulfide) groups is 2. The van der Waals surface area contributed by atoms with Gasteiger partial charge in [-0.25, -0.2) is 0 Å². The summed E-state index contributed by atoms with van der Waals surface area (Å²) in [6.45, 7) is 2.28. The van der Waals surface area contributed by atoms with E-state index in [1.807, 2.05) is 30.0 Å². The summed E-state index contributed by atoms with van der Waals surface area (Å²) in [7, 11) is 1.71. The zero-order valence-corrected chi connectivity index (χ0v) is 19.5. The van der Waals surface area contributed by atoms with Crippen molar-refractivity contribution in [3.05, 3.63) is 60.2 Å². The molecule has 0 aliphatic rings. The summed E-state index contributed by atoms with van der Waals surface area (Å²) >= 11 is 3.58. The molecule has 0 fully saturated rings. The monoisotopic (exact) mass is 426 g/mol. The van der Waals surface area contributed by atoms with Crippen LogP contribution < -0.4 is 4.74 Å². The normalized spacial score (nSPS) is 11.5. The topological polar surface area (TPSA) is 9.23 Å². The molecule has 0 aliphatic carbocycles. The molecule has 0 N–H and O–H groups in total. The van der Waals surface area contributed by atoms with Crippen LogP contribution in [0.1, 0.15) is 69.1 Å². The second-order valence-corrected chi connectivity index (χ2v) is 9.25. The molecule has 0 saturated heterocycles. The molecule has 0 aliphatic heterocycles. The molecule has 0 bridgehead atoms. The lowest BCUT2D eigenvalue weighted by Gasteiger charge is -2.12. The standard InChI is InChI=1S/C26H34OS2/c1-3-4-5-6-7-8-9-13-21-29-26(23-16-18-24(27-2)19-17-23)20-22-28-25-14-11-10-12-15-25/h10-12,14-19,26H,3-9,13,21H2,1-2H3. The van der Waals surface area contributed by atoms with Gasteiger partial charge in [0.25, 0.3) is 0 Å². The summed E-state index contributed by atoms with van der Waals surface area (Å²) < 4.78 is 5.30. The Bertz CT molecular complexity index is 716. The summed E-state index contributed by atoms with van der Waals surface area (Å²) in [5.41, 5.74) is 1.26. The van der Waals surface area contributed by atoms with E-state index in [-0.39, 0.29) is 5.25 Å². The Kier molecular flexibility index (Phi) is 12.6. The van der Waals surface area contributed by atoms with Gasteiger partial charge in [0, 0.05) is 4.90 Å². The minimum Gasteiger partial charge on any atom is -0.497 e. The van der Waals surface area contributed by atoms with E-state index in [0.29, 0.717) is 0 Å². The Morgan fingerprint density at radius 3 is 2.14 bits per heavy atom. The van der Waals surface area contributed by atoms with Crippen molar-refractivity contribution in [2.24, 2.45) is 0 Å². The molecule has 0 amide bonds. The number of benzene rings is 2. The second kappa shape index (κ2) is 15.4. The predicted molar refractivity (Wildman–Crippen MR) is 131 cm³/mol. The maximum Gasteiger partial charge on any atom is 0.118 e. The lowest BCUT2D eigenvalue weighted by atomic mass is 10.1. The average Bonchev–Trinajstić information content (AvgIpc) is 2.77. The van der Waals surface area contributed by atoms with Crippen LogP contribution in [0.5, 0.6) is 5.75 Å². The SMILES string of the molecule is CCCCCCCCCCSC(C#CSc1ccccc1)c1ccc(OC)cc1. The van der Waals surface area contributed by atoms with Crippen molar-refractivity contribution >= 4 is 23.5 Å². The molecule has 0 spiro atoms. The minimum absolute atomic E-state index is 0.210. The Morgan fingerprint density at radius 2 is 1.48 bits per heavy atom. The van der Waals surface area contributed by atoms with Gasteiger partial charge in [-0.3, -0.25) is 0 Å². The van der Waals surface area contributed by atoms with Crippen LogP contribution in [0.4, 0.5) is 0 Å². The molecule has 0 saturated carbocycles. The quantitative estimate of drug-likeness (QED) is 0.181. The third kappa shape index (κ3) is 10.2. The molecule has 1 nitrogen and oxygen atoms in total. The first-order valence-electron chi connectivity index (χ1n) is 10.8. The first kappa shape index (κ1) is 23.8. The van der Waals surface area contributed by atoms with Crippen LogP contribution in [0, 0.1) is 11.2 Å². The smallest absolute Gasteiger partial charge is 0.118 e. The van der Waals surface area contributed by atoms with Gasteiger partial charge in [-0.15, -0.1) is 11.8 Å². The van der Waals surface area contributed by atoms with Gasteiger partial charge in [0.1, 0.15) is 5.75 Å². The van der Waals surface area contributed by atoms with Gasteiger partial charge in [0.2, 0.25) is 0 Å². The fourth-order valence-electron chi connectivity index (χ4n) is 3.07. The molecule has 2 aromatic carbocycles. The zero-order valence-electron chi connectivity index (χ0n) is 17.9. The van der Waals surface area contributed by atoms with E-state index in [1.165, 1.54) is 61.8 Å². The number of hydrogen-bond donors (Lipinski definition) is 0. The number of ether oxygens (including phenoxy) is 1. The van der Waals surface area contributed by atoms with E-state index >= 15 is 0 Å². The molecule has 0 heterocycles. The van der Waals surface area contributed by atoms with Gasteiger partial charge >= 0.3 is 0 Å². The van der Waals surface area contributed by atoms with Crippen molar-refractivity contribution in [1.29, 1.82) is 0 Å². The highest BCUT2D eigenvalue weighted by molar-refractivity contribution is 8.04. The van der Waals surface area contributed by atoms with Gasteiger partial charge < -0.3 is 4.74 Å². The Morgan fingerprint density at radius 1 is 0.828 bits per heavy atom. The van der Waals surface area contributed by atoms with Crippen molar-refractivity contribution in [3.63, 3.8) is 0 Å². The number of hydrogen-bond acceptors (Lipinski definition) is 3. The Hall–Kier alpha value is -1.50. The van der Waals surface area contributed by atoms with Crippen LogP contribution in [0.3, 0.4) is 0 Å². The van der Waals surface area contributed by atoms with E-state index in [0.717, 1.165) is 11.5 Å². The predicted octanol–water partition coefficient (Wildman–Crippen LogP) is 8.36. The molecule has 3 heteroatoms. The van der Waals surface area contributed by atoms with Gasteiger partial charge in [0.05, 0.1) is 12.4 Å². The first-order chi connectivity index (χ1) is 14.3.